The molecule has 0 radical (unpaired) electrons. The summed E-state index contributed by atoms with van der Waals surface area (Å²) in [6, 6.07) is 5.80. The van der Waals surface area contributed by atoms with Crippen LogP contribution in [0.25, 0.3) is 0 Å². The Kier molecular flexibility index (Phi) is 4.02. The molecule has 0 aliphatic carbocycles. The van der Waals surface area contributed by atoms with Crippen molar-refractivity contribution in [2.45, 2.75) is 32.9 Å². The van der Waals surface area contributed by atoms with E-state index in [0.717, 1.165) is 22.6 Å². The lowest BCUT2D eigenvalue weighted by atomic mass is 9.96. The van der Waals surface area contributed by atoms with Gasteiger partial charge in [-0.1, -0.05) is 0 Å². The predicted octanol–water partition coefficient (Wildman–Crippen LogP) is 2.29. The van der Waals surface area contributed by atoms with Crippen molar-refractivity contribution in [1.82, 2.24) is 10.3 Å². The average Bonchev–Trinajstić information content (AvgIpc) is 2.70. The van der Waals surface area contributed by atoms with E-state index in [1.165, 1.54) is 0 Å². The molecule has 0 saturated heterocycles. The summed E-state index contributed by atoms with van der Waals surface area (Å²) in [7, 11) is 0. The average molecular weight is 260 g/mol. The van der Waals surface area contributed by atoms with Gasteiger partial charge in [-0.25, -0.2) is 0 Å². The third-order valence-corrected chi connectivity index (χ3v) is 3.17. The minimum atomic E-state index is -0.936. The van der Waals surface area contributed by atoms with Crippen molar-refractivity contribution >= 4 is 0 Å². The van der Waals surface area contributed by atoms with Gasteiger partial charge in [-0.2, -0.15) is 0 Å². The molecule has 0 spiro atoms. The van der Waals surface area contributed by atoms with Crippen LogP contribution in [0.3, 0.4) is 0 Å². The highest BCUT2D eigenvalue weighted by Gasteiger charge is 2.27. The first kappa shape index (κ1) is 13.8. The van der Waals surface area contributed by atoms with Gasteiger partial charge in [0.05, 0.1) is 0 Å². The van der Waals surface area contributed by atoms with Crippen molar-refractivity contribution in [3.8, 4) is 0 Å². The van der Waals surface area contributed by atoms with Crippen molar-refractivity contribution in [2.75, 3.05) is 6.54 Å². The van der Waals surface area contributed by atoms with Crippen LogP contribution in [-0.4, -0.2) is 16.6 Å². The summed E-state index contributed by atoms with van der Waals surface area (Å²) in [5.41, 5.74) is 1.05. The zero-order valence-corrected chi connectivity index (χ0v) is 11.6. The largest absolute Gasteiger partial charge is 0.466 e. The van der Waals surface area contributed by atoms with Crippen LogP contribution >= 0.6 is 0 Å². The Labute approximate surface area is 113 Å². The molecule has 2 heterocycles. The molecule has 0 aliphatic heterocycles. The number of hydrogen-bond acceptors (Lipinski definition) is 4. The van der Waals surface area contributed by atoms with E-state index in [1.807, 2.05) is 32.0 Å². The SMILES string of the molecule is Cc1cc(C(C)(O)CNCc2ccncc2)c(C)o1. The second-order valence-electron chi connectivity index (χ2n) is 5.06. The molecule has 0 amide bonds. The monoisotopic (exact) mass is 260 g/mol. The minimum absolute atomic E-state index is 0.467. The first-order chi connectivity index (χ1) is 8.99. The van der Waals surface area contributed by atoms with Crippen molar-refractivity contribution in [2.24, 2.45) is 0 Å². The Hall–Kier alpha value is -1.65. The van der Waals surface area contributed by atoms with Gasteiger partial charge in [0.25, 0.3) is 0 Å². The molecule has 19 heavy (non-hydrogen) atoms. The molecular formula is C15H20N2O2. The number of aryl methyl sites for hydroxylation is 2. The Bertz CT molecular complexity index is 532. The molecule has 2 rings (SSSR count). The van der Waals surface area contributed by atoms with E-state index < -0.39 is 5.60 Å². The molecule has 2 aromatic rings. The summed E-state index contributed by atoms with van der Waals surface area (Å²) in [6.45, 7) is 6.73. The van der Waals surface area contributed by atoms with E-state index in [0.29, 0.717) is 13.1 Å². The number of aliphatic hydroxyl groups is 1. The number of nitrogens with zero attached hydrogens (tertiary/aromatic N) is 1. The molecule has 0 aromatic carbocycles. The molecule has 2 aromatic heterocycles. The molecule has 102 valence electrons. The van der Waals surface area contributed by atoms with E-state index in [9.17, 15) is 5.11 Å². The van der Waals surface area contributed by atoms with E-state index in [-0.39, 0.29) is 0 Å². The Morgan fingerprint density at radius 2 is 2.00 bits per heavy atom. The summed E-state index contributed by atoms with van der Waals surface area (Å²) in [5.74, 6) is 1.59. The maximum absolute atomic E-state index is 10.5. The zero-order chi connectivity index (χ0) is 13.9. The molecule has 4 nitrogen and oxygen atoms in total. The van der Waals surface area contributed by atoms with Gasteiger partial charge in [-0.05, 0) is 44.5 Å². The van der Waals surface area contributed by atoms with E-state index >= 15 is 0 Å². The number of pyridine rings is 1. The fourth-order valence-corrected chi connectivity index (χ4v) is 2.21. The Morgan fingerprint density at radius 1 is 1.32 bits per heavy atom. The smallest absolute Gasteiger partial charge is 0.107 e. The molecule has 1 atom stereocenters. The number of aromatic nitrogens is 1. The van der Waals surface area contributed by atoms with Crippen LogP contribution in [0.5, 0.6) is 0 Å². The summed E-state index contributed by atoms with van der Waals surface area (Å²) in [6.07, 6.45) is 3.53. The van der Waals surface area contributed by atoms with Crippen molar-refractivity contribution in [3.05, 3.63) is 53.2 Å². The lowest BCUT2D eigenvalue weighted by Gasteiger charge is -2.23. The van der Waals surface area contributed by atoms with Crippen molar-refractivity contribution < 1.29 is 9.52 Å². The Morgan fingerprint density at radius 3 is 2.58 bits per heavy atom. The van der Waals surface area contributed by atoms with E-state index in [2.05, 4.69) is 10.3 Å². The van der Waals surface area contributed by atoms with Crippen LogP contribution in [0.4, 0.5) is 0 Å². The van der Waals surface area contributed by atoms with Crippen molar-refractivity contribution in [3.63, 3.8) is 0 Å². The lowest BCUT2D eigenvalue weighted by molar-refractivity contribution is 0.0552. The first-order valence-corrected chi connectivity index (χ1v) is 6.38. The summed E-state index contributed by atoms with van der Waals surface area (Å²) < 4.78 is 5.47. The van der Waals surface area contributed by atoms with Gasteiger partial charge in [0, 0.05) is 31.0 Å². The highest BCUT2D eigenvalue weighted by atomic mass is 16.3. The topological polar surface area (TPSA) is 58.3 Å². The van der Waals surface area contributed by atoms with Crippen LogP contribution in [0.15, 0.2) is 35.0 Å². The van der Waals surface area contributed by atoms with Crippen LogP contribution in [-0.2, 0) is 12.1 Å². The number of hydrogen-bond donors (Lipinski definition) is 2. The van der Waals surface area contributed by atoms with E-state index in [4.69, 9.17) is 4.42 Å². The predicted molar refractivity (Wildman–Crippen MR) is 73.7 cm³/mol. The fourth-order valence-electron chi connectivity index (χ4n) is 2.21. The summed E-state index contributed by atoms with van der Waals surface area (Å²) in [4.78, 5) is 3.97. The quantitative estimate of drug-likeness (QED) is 0.866. The van der Waals surface area contributed by atoms with Gasteiger partial charge < -0.3 is 14.8 Å². The molecule has 1 unspecified atom stereocenters. The molecular weight excluding hydrogens is 240 g/mol. The molecule has 0 aliphatic rings. The van der Waals surface area contributed by atoms with Crippen molar-refractivity contribution in [1.29, 1.82) is 0 Å². The standard InChI is InChI=1S/C15H20N2O2/c1-11-8-14(12(2)19-11)15(3,18)10-17-9-13-4-6-16-7-5-13/h4-8,17-18H,9-10H2,1-3H3. The molecule has 2 N–H and O–H groups in total. The minimum Gasteiger partial charge on any atom is -0.466 e. The highest BCUT2D eigenvalue weighted by molar-refractivity contribution is 5.26. The van der Waals surface area contributed by atoms with Gasteiger partial charge >= 0.3 is 0 Å². The van der Waals surface area contributed by atoms with Gasteiger partial charge in [-0.15, -0.1) is 0 Å². The van der Waals surface area contributed by atoms with Gasteiger partial charge in [0.15, 0.2) is 0 Å². The third-order valence-electron chi connectivity index (χ3n) is 3.17. The first-order valence-electron chi connectivity index (χ1n) is 6.38. The normalized spacial score (nSPS) is 14.3. The highest BCUT2D eigenvalue weighted by Crippen LogP contribution is 2.26. The zero-order valence-electron chi connectivity index (χ0n) is 11.6. The van der Waals surface area contributed by atoms with Crippen LogP contribution in [0.2, 0.25) is 0 Å². The van der Waals surface area contributed by atoms with Gasteiger partial charge in [0.2, 0.25) is 0 Å². The Balaban J connectivity index is 1.96. The van der Waals surface area contributed by atoms with Gasteiger partial charge in [-0.3, -0.25) is 4.98 Å². The van der Waals surface area contributed by atoms with Crippen LogP contribution < -0.4 is 5.32 Å². The second-order valence-corrected chi connectivity index (χ2v) is 5.06. The lowest BCUT2D eigenvalue weighted by Crippen LogP contribution is -2.35. The van der Waals surface area contributed by atoms with Gasteiger partial charge in [0.1, 0.15) is 17.1 Å². The molecule has 0 saturated carbocycles. The van der Waals surface area contributed by atoms with Crippen LogP contribution in [0.1, 0.15) is 29.6 Å². The van der Waals surface area contributed by atoms with E-state index in [1.54, 1.807) is 19.3 Å². The molecule has 0 fully saturated rings. The maximum Gasteiger partial charge on any atom is 0.107 e. The third kappa shape index (κ3) is 3.43. The summed E-state index contributed by atoms with van der Waals surface area (Å²) >= 11 is 0. The number of nitrogens with one attached hydrogen (secondary N) is 1. The molecule has 0 bridgehead atoms. The molecule has 4 heteroatoms. The summed E-state index contributed by atoms with van der Waals surface area (Å²) in [5, 5.41) is 13.8. The number of rotatable bonds is 5. The fraction of sp³-hybridized carbons (Fsp3) is 0.400. The maximum atomic E-state index is 10.5. The number of furan rings is 1. The van der Waals surface area contributed by atoms with Crippen LogP contribution in [0, 0.1) is 13.8 Å². The second kappa shape index (κ2) is 5.55.